The first kappa shape index (κ1) is 11.6. The lowest BCUT2D eigenvalue weighted by Gasteiger charge is -2.34. The summed E-state index contributed by atoms with van der Waals surface area (Å²) in [4.78, 5) is 2.47. The molecule has 1 aromatic rings. The summed E-state index contributed by atoms with van der Waals surface area (Å²) in [5.41, 5.74) is 7.14. The lowest BCUT2D eigenvalue weighted by molar-refractivity contribution is 0.152. The molecular weight excluding hydrogens is 200 g/mol. The monoisotopic (exact) mass is 222 g/mol. The van der Waals surface area contributed by atoms with Crippen LogP contribution in [0.1, 0.15) is 25.5 Å². The molecule has 0 bridgehead atoms. The summed E-state index contributed by atoms with van der Waals surface area (Å²) in [6, 6.07) is 2.40. The Hall–Kier alpha value is -0.870. The van der Waals surface area contributed by atoms with Crippen molar-refractivity contribution in [1.82, 2.24) is 14.7 Å². The van der Waals surface area contributed by atoms with E-state index in [-0.39, 0.29) is 0 Å². The Morgan fingerprint density at radius 3 is 3.06 bits per heavy atom. The van der Waals surface area contributed by atoms with Crippen molar-refractivity contribution in [3.05, 3.63) is 18.0 Å². The maximum Gasteiger partial charge on any atom is 0.0764 e. The van der Waals surface area contributed by atoms with Crippen molar-refractivity contribution < 1.29 is 0 Å². The standard InChI is InChI=1S/C12H22N4/c1-10(13)11-4-3-6-16(8-11)9-12-5-7-15(2)14-12/h5,7,10-11H,3-4,6,8-9,13H2,1-2H3. The Labute approximate surface area is 97.4 Å². The van der Waals surface area contributed by atoms with Crippen molar-refractivity contribution in [2.24, 2.45) is 18.7 Å². The lowest BCUT2D eigenvalue weighted by Crippen LogP contribution is -2.42. The molecular formula is C12H22N4. The van der Waals surface area contributed by atoms with Crippen LogP contribution in [0, 0.1) is 5.92 Å². The molecule has 0 aromatic carbocycles. The molecule has 0 saturated carbocycles. The smallest absolute Gasteiger partial charge is 0.0764 e. The van der Waals surface area contributed by atoms with Crippen LogP contribution >= 0.6 is 0 Å². The molecule has 4 heteroatoms. The van der Waals surface area contributed by atoms with Gasteiger partial charge < -0.3 is 5.73 Å². The number of hydrogen-bond donors (Lipinski definition) is 1. The third-order valence-electron chi connectivity index (χ3n) is 3.44. The first-order chi connectivity index (χ1) is 7.65. The topological polar surface area (TPSA) is 47.1 Å². The van der Waals surface area contributed by atoms with Crippen LogP contribution in [-0.2, 0) is 13.6 Å². The summed E-state index contributed by atoms with van der Waals surface area (Å²) in [7, 11) is 1.96. The minimum absolute atomic E-state index is 0.312. The summed E-state index contributed by atoms with van der Waals surface area (Å²) < 4.78 is 1.86. The van der Waals surface area contributed by atoms with Gasteiger partial charge in [0.05, 0.1) is 5.69 Å². The van der Waals surface area contributed by atoms with Gasteiger partial charge >= 0.3 is 0 Å². The second kappa shape index (κ2) is 4.97. The molecule has 1 aliphatic heterocycles. The van der Waals surface area contributed by atoms with Gasteiger partial charge in [-0.2, -0.15) is 5.10 Å². The minimum atomic E-state index is 0.312. The molecule has 2 unspecified atom stereocenters. The molecule has 1 aromatic heterocycles. The third-order valence-corrected chi connectivity index (χ3v) is 3.44. The average Bonchev–Trinajstić information content (AvgIpc) is 2.64. The Kier molecular flexibility index (Phi) is 3.61. The predicted molar refractivity (Wildman–Crippen MR) is 64.9 cm³/mol. The second-order valence-electron chi connectivity index (χ2n) is 4.98. The first-order valence-corrected chi connectivity index (χ1v) is 6.11. The molecule has 90 valence electrons. The molecule has 16 heavy (non-hydrogen) atoms. The summed E-state index contributed by atoms with van der Waals surface area (Å²) >= 11 is 0. The Morgan fingerprint density at radius 1 is 1.62 bits per heavy atom. The SMILES string of the molecule is CC(N)C1CCCN(Cc2ccn(C)n2)C1. The normalized spacial score (nSPS) is 24.6. The van der Waals surface area contributed by atoms with Crippen LogP contribution in [-0.4, -0.2) is 33.8 Å². The fourth-order valence-corrected chi connectivity index (χ4v) is 2.44. The number of nitrogens with two attached hydrogens (primary N) is 1. The number of hydrogen-bond acceptors (Lipinski definition) is 3. The molecule has 0 amide bonds. The molecule has 1 fully saturated rings. The molecule has 2 N–H and O–H groups in total. The van der Waals surface area contributed by atoms with Gasteiger partial charge in [-0.15, -0.1) is 0 Å². The van der Waals surface area contributed by atoms with Crippen LogP contribution in [0.15, 0.2) is 12.3 Å². The van der Waals surface area contributed by atoms with E-state index in [1.807, 2.05) is 17.9 Å². The van der Waals surface area contributed by atoms with Crippen LogP contribution in [0.5, 0.6) is 0 Å². The van der Waals surface area contributed by atoms with E-state index in [0.717, 1.165) is 18.8 Å². The molecule has 2 rings (SSSR count). The van der Waals surface area contributed by atoms with Gasteiger partial charge in [-0.05, 0) is 38.3 Å². The molecule has 2 atom stereocenters. The van der Waals surface area contributed by atoms with Gasteiger partial charge in [0.15, 0.2) is 0 Å². The highest BCUT2D eigenvalue weighted by atomic mass is 15.3. The van der Waals surface area contributed by atoms with Crippen LogP contribution < -0.4 is 5.73 Å². The van der Waals surface area contributed by atoms with Crippen molar-refractivity contribution in [2.45, 2.75) is 32.4 Å². The van der Waals surface area contributed by atoms with Gasteiger partial charge in [0.25, 0.3) is 0 Å². The van der Waals surface area contributed by atoms with E-state index in [2.05, 4.69) is 23.0 Å². The van der Waals surface area contributed by atoms with Gasteiger partial charge in [-0.3, -0.25) is 9.58 Å². The van der Waals surface area contributed by atoms with E-state index in [4.69, 9.17) is 5.73 Å². The minimum Gasteiger partial charge on any atom is -0.328 e. The zero-order valence-corrected chi connectivity index (χ0v) is 10.3. The van der Waals surface area contributed by atoms with Crippen molar-refractivity contribution >= 4 is 0 Å². The number of aromatic nitrogens is 2. The number of piperidine rings is 1. The number of nitrogens with zero attached hydrogens (tertiary/aromatic N) is 3. The average molecular weight is 222 g/mol. The highest BCUT2D eigenvalue weighted by Crippen LogP contribution is 2.19. The van der Waals surface area contributed by atoms with Gasteiger partial charge in [0.2, 0.25) is 0 Å². The van der Waals surface area contributed by atoms with E-state index in [0.29, 0.717) is 12.0 Å². The largest absolute Gasteiger partial charge is 0.328 e. The zero-order valence-electron chi connectivity index (χ0n) is 10.3. The van der Waals surface area contributed by atoms with Gasteiger partial charge in [-0.1, -0.05) is 0 Å². The number of likely N-dealkylation sites (tertiary alicyclic amines) is 1. The van der Waals surface area contributed by atoms with Gasteiger partial charge in [0, 0.05) is 32.4 Å². The quantitative estimate of drug-likeness (QED) is 0.829. The molecule has 0 radical (unpaired) electrons. The summed E-state index contributed by atoms with van der Waals surface area (Å²) in [6.45, 7) is 5.38. The number of aryl methyl sites for hydroxylation is 1. The van der Waals surface area contributed by atoms with E-state index >= 15 is 0 Å². The van der Waals surface area contributed by atoms with Gasteiger partial charge in [0.1, 0.15) is 0 Å². The van der Waals surface area contributed by atoms with E-state index < -0.39 is 0 Å². The Bertz CT molecular complexity index is 332. The highest BCUT2D eigenvalue weighted by Gasteiger charge is 2.22. The molecule has 0 aliphatic carbocycles. The van der Waals surface area contributed by atoms with Crippen LogP contribution in [0.25, 0.3) is 0 Å². The van der Waals surface area contributed by atoms with Crippen LogP contribution in [0.4, 0.5) is 0 Å². The van der Waals surface area contributed by atoms with Crippen molar-refractivity contribution in [2.75, 3.05) is 13.1 Å². The lowest BCUT2D eigenvalue weighted by atomic mass is 9.92. The Morgan fingerprint density at radius 2 is 2.44 bits per heavy atom. The molecule has 1 saturated heterocycles. The van der Waals surface area contributed by atoms with Crippen LogP contribution in [0.3, 0.4) is 0 Å². The maximum atomic E-state index is 5.98. The summed E-state index contributed by atoms with van der Waals surface area (Å²) in [5, 5.41) is 4.42. The number of rotatable bonds is 3. The van der Waals surface area contributed by atoms with E-state index in [9.17, 15) is 0 Å². The molecule has 1 aliphatic rings. The summed E-state index contributed by atoms with van der Waals surface area (Å²) in [5.74, 6) is 0.650. The Balaban J connectivity index is 1.90. The van der Waals surface area contributed by atoms with Crippen molar-refractivity contribution in [1.29, 1.82) is 0 Å². The van der Waals surface area contributed by atoms with Crippen LogP contribution in [0.2, 0.25) is 0 Å². The highest BCUT2D eigenvalue weighted by molar-refractivity contribution is 4.99. The predicted octanol–water partition coefficient (Wildman–Crippen LogP) is 0.979. The molecule has 2 heterocycles. The van der Waals surface area contributed by atoms with E-state index in [1.165, 1.54) is 19.4 Å². The third kappa shape index (κ3) is 2.83. The fourth-order valence-electron chi connectivity index (χ4n) is 2.44. The molecule has 4 nitrogen and oxygen atoms in total. The first-order valence-electron chi connectivity index (χ1n) is 6.11. The second-order valence-corrected chi connectivity index (χ2v) is 4.98. The molecule has 0 spiro atoms. The van der Waals surface area contributed by atoms with Crippen molar-refractivity contribution in [3.63, 3.8) is 0 Å². The maximum absolute atomic E-state index is 5.98. The zero-order chi connectivity index (χ0) is 11.5. The fraction of sp³-hybridized carbons (Fsp3) is 0.750. The van der Waals surface area contributed by atoms with Gasteiger partial charge in [-0.25, -0.2) is 0 Å². The summed E-state index contributed by atoms with van der Waals surface area (Å²) in [6.07, 6.45) is 4.54. The van der Waals surface area contributed by atoms with E-state index in [1.54, 1.807) is 0 Å². The van der Waals surface area contributed by atoms with Crippen molar-refractivity contribution in [3.8, 4) is 0 Å².